The third kappa shape index (κ3) is 7.13. The second kappa shape index (κ2) is 10.2. The van der Waals surface area contributed by atoms with Gasteiger partial charge in [-0.2, -0.15) is 0 Å². The maximum Gasteiger partial charge on any atom is 2.00 e. The molecular formula is C14H12N2O2S2Zn. The molecule has 0 bridgehead atoms. The van der Waals surface area contributed by atoms with E-state index in [0.717, 1.165) is 11.4 Å². The van der Waals surface area contributed by atoms with Crippen molar-refractivity contribution in [2.75, 3.05) is 4.90 Å². The number of benzene rings is 2. The quantitative estimate of drug-likeness (QED) is 0.652. The number of hydrogen-bond acceptors (Lipinski definition) is 4. The van der Waals surface area contributed by atoms with Gasteiger partial charge in [-0.3, -0.25) is 4.90 Å². The van der Waals surface area contributed by atoms with Crippen molar-refractivity contribution in [1.82, 2.24) is 0 Å². The smallest absolute Gasteiger partial charge is 0.719 e. The Balaban J connectivity index is 0.000000715. The molecule has 4 nitrogen and oxygen atoms in total. The summed E-state index contributed by atoms with van der Waals surface area (Å²) >= 11 is 8.51. The van der Waals surface area contributed by atoms with Crippen molar-refractivity contribution in [3.05, 3.63) is 60.7 Å². The number of anilines is 2. The van der Waals surface area contributed by atoms with Crippen molar-refractivity contribution < 1.29 is 29.1 Å². The van der Waals surface area contributed by atoms with Crippen LogP contribution in [0.3, 0.4) is 0 Å². The summed E-state index contributed by atoms with van der Waals surface area (Å²) in [5, 5.41) is -1.16. The first-order valence-electron chi connectivity index (χ1n) is 5.60. The molecule has 2 N–H and O–H groups in total. The van der Waals surface area contributed by atoms with Gasteiger partial charge >= 0.3 is 19.5 Å². The molecule has 0 aliphatic heterocycles. The second-order valence-electron chi connectivity index (χ2n) is 3.59. The van der Waals surface area contributed by atoms with Gasteiger partial charge in [0.2, 0.25) is 0 Å². The molecule has 0 fully saturated rings. The Labute approximate surface area is 147 Å². The molecule has 0 radical (unpaired) electrons. The van der Waals surface area contributed by atoms with E-state index < -0.39 is 10.5 Å². The first-order valence-corrected chi connectivity index (χ1v) is 6.41. The van der Waals surface area contributed by atoms with Gasteiger partial charge in [-0.05, 0) is 24.3 Å². The molecule has 0 saturated carbocycles. The van der Waals surface area contributed by atoms with E-state index in [4.69, 9.17) is 17.4 Å². The molecule has 2 aromatic rings. The van der Waals surface area contributed by atoms with Crippen LogP contribution in [0.2, 0.25) is 0 Å². The summed E-state index contributed by atoms with van der Waals surface area (Å²) in [6.45, 7) is 0. The predicted molar refractivity (Wildman–Crippen MR) is 84.7 cm³/mol. The average Bonchev–Trinajstić information content (AvgIpc) is 2.40. The largest absolute Gasteiger partial charge is 2.00 e. The SMILES string of the molecule is NC(=O)[S-].O=C([S-])N(c1ccccc1)c1ccccc1.[Zn+2]. The molecule has 104 valence electrons. The number of carbonyl (C=O) groups excluding carboxylic acids is 2. The monoisotopic (exact) mass is 368 g/mol. The summed E-state index contributed by atoms with van der Waals surface area (Å²) in [4.78, 5) is 22.0. The van der Waals surface area contributed by atoms with E-state index in [2.05, 4.69) is 18.4 Å². The van der Waals surface area contributed by atoms with Gasteiger partial charge in [0.1, 0.15) is 5.24 Å². The molecule has 2 amide bonds. The molecule has 0 aromatic heterocycles. The molecule has 2 aromatic carbocycles. The minimum atomic E-state index is -0.750. The summed E-state index contributed by atoms with van der Waals surface area (Å²) in [7, 11) is 0. The Kier molecular flexibility index (Phi) is 9.45. The molecule has 0 saturated heterocycles. The van der Waals surface area contributed by atoms with E-state index in [1.165, 1.54) is 4.90 Å². The molecule has 0 spiro atoms. The maximum atomic E-state index is 11.5. The second-order valence-corrected chi connectivity index (χ2v) is 4.34. The van der Waals surface area contributed by atoms with Gasteiger partial charge in [-0.15, -0.1) is 0 Å². The number of primary amides is 1. The first-order chi connectivity index (χ1) is 9.52. The summed E-state index contributed by atoms with van der Waals surface area (Å²) < 4.78 is 0. The summed E-state index contributed by atoms with van der Waals surface area (Å²) in [6, 6.07) is 18.8. The third-order valence-electron chi connectivity index (χ3n) is 2.21. The number of nitrogens with zero attached hydrogens (tertiary/aromatic N) is 1. The van der Waals surface area contributed by atoms with E-state index in [0.29, 0.717) is 0 Å². The van der Waals surface area contributed by atoms with Crippen LogP contribution in [-0.2, 0) is 44.7 Å². The molecule has 0 aliphatic rings. The van der Waals surface area contributed by atoms with Crippen LogP contribution < -0.4 is 10.6 Å². The Morgan fingerprint density at radius 1 is 0.810 bits per heavy atom. The van der Waals surface area contributed by atoms with Crippen LogP contribution in [-0.4, -0.2) is 10.5 Å². The number of rotatable bonds is 2. The van der Waals surface area contributed by atoms with E-state index in [9.17, 15) is 4.79 Å². The normalized spacial score (nSPS) is 8.57. The van der Waals surface area contributed by atoms with Gasteiger partial charge in [-0.1, -0.05) is 36.4 Å². The van der Waals surface area contributed by atoms with Crippen molar-refractivity contribution in [1.29, 1.82) is 0 Å². The van der Waals surface area contributed by atoms with Crippen molar-refractivity contribution in [3.63, 3.8) is 0 Å². The standard InChI is InChI=1S/C13H11NOS.CH3NOS.Zn/c15-13(16)14(11-7-3-1-4-8-11)12-9-5-2-6-10-12;2-1(3)4;/h1-10H,(H,15,16);(H3,2,3,4);/q;;+2/p-2. The van der Waals surface area contributed by atoms with Crippen molar-refractivity contribution in [2.45, 2.75) is 0 Å². The minimum Gasteiger partial charge on any atom is -0.719 e. The van der Waals surface area contributed by atoms with E-state index in [-0.39, 0.29) is 19.5 Å². The fraction of sp³-hybridized carbons (Fsp3) is 0. The molecular weight excluding hydrogens is 358 g/mol. The number of hydrogen-bond donors (Lipinski definition) is 1. The Bertz CT molecular complexity index is 524. The predicted octanol–water partition coefficient (Wildman–Crippen LogP) is 3.10. The van der Waals surface area contributed by atoms with Crippen LogP contribution in [0.4, 0.5) is 21.0 Å². The van der Waals surface area contributed by atoms with Crippen LogP contribution in [0.5, 0.6) is 0 Å². The van der Waals surface area contributed by atoms with E-state index in [1.54, 1.807) is 0 Å². The minimum absolute atomic E-state index is 0. The molecule has 0 atom stereocenters. The Morgan fingerprint density at radius 2 is 1.10 bits per heavy atom. The van der Waals surface area contributed by atoms with Gasteiger partial charge in [0.15, 0.2) is 0 Å². The van der Waals surface area contributed by atoms with Crippen molar-refractivity contribution in [2.24, 2.45) is 5.73 Å². The van der Waals surface area contributed by atoms with Crippen LogP contribution in [0.15, 0.2) is 60.7 Å². The molecule has 0 heterocycles. The number of nitrogens with two attached hydrogens (primary N) is 1. The zero-order valence-electron chi connectivity index (χ0n) is 11.1. The zero-order chi connectivity index (χ0) is 15.0. The topological polar surface area (TPSA) is 63.4 Å². The molecule has 2 rings (SSSR count). The number of para-hydroxylation sites is 2. The van der Waals surface area contributed by atoms with E-state index in [1.807, 2.05) is 60.7 Å². The Morgan fingerprint density at radius 3 is 1.33 bits per heavy atom. The van der Waals surface area contributed by atoms with Crippen molar-refractivity contribution in [3.8, 4) is 0 Å². The van der Waals surface area contributed by atoms with E-state index >= 15 is 0 Å². The first kappa shape index (κ1) is 19.4. The van der Waals surface area contributed by atoms with Crippen LogP contribution in [0.25, 0.3) is 0 Å². The number of amides is 2. The van der Waals surface area contributed by atoms with Crippen molar-refractivity contribution >= 4 is 47.1 Å². The molecule has 0 unspecified atom stereocenters. The molecule has 7 heteroatoms. The summed E-state index contributed by atoms with van der Waals surface area (Å²) in [5.74, 6) is 0. The van der Waals surface area contributed by atoms with Crippen LogP contribution in [0, 0.1) is 0 Å². The van der Waals surface area contributed by atoms with Gasteiger partial charge in [0.05, 0.1) is 5.24 Å². The zero-order valence-corrected chi connectivity index (χ0v) is 15.7. The molecule has 21 heavy (non-hydrogen) atoms. The van der Waals surface area contributed by atoms with Gasteiger partial charge in [0.25, 0.3) is 0 Å². The Hall–Kier alpha value is -1.56. The van der Waals surface area contributed by atoms with Crippen LogP contribution in [0.1, 0.15) is 0 Å². The summed E-state index contributed by atoms with van der Waals surface area (Å²) in [6.07, 6.45) is 0. The third-order valence-corrected chi connectivity index (χ3v) is 2.39. The average molecular weight is 370 g/mol. The van der Waals surface area contributed by atoms with Crippen LogP contribution >= 0.6 is 0 Å². The fourth-order valence-electron chi connectivity index (χ4n) is 1.51. The maximum absolute atomic E-state index is 11.5. The number of carbonyl (C=O) groups is 2. The van der Waals surface area contributed by atoms with Gasteiger partial charge in [0, 0.05) is 11.4 Å². The van der Waals surface area contributed by atoms with Gasteiger partial charge < -0.3 is 40.6 Å². The summed E-state index contributed by atoms with van der Waals surface area (Å²) in [5.41, 5.74) is 5.86. The molecule has 0 aliphatic carbocycles. The van der Waals surface area contributed by atoms with Gasteiger partial charge in [-0.25, -0.2) is 0 Å². The fourth-order valence-corrected chi connectivity index (χ4v) is 1.72.